The molecule has 1 atom stereocenters. The molecule has 1 aromatic carbocycles. The Hall–Kier alpha value is -2.32. The molecule has 0 bridgehead atoms. The van der Waals surface area contributed by atoms with Gasteiger partial charge < -0.3 is 15.7 Å². The SMILES string of the molecule is [C]#Cc1ccc(C(=O)N(C)C(CN)C(=O)O)cc1. The number of carboxylic acid groups (broad SMARTS) is 1. The maximum atomic E-state index is 12.0. The van der Waals surface area contributed by atoms with Crippen molar-refractivity contribution in [2.75, 3.05) is 13.6 Å². The monoisotopic (exact) mass is 245 g/mol. The van der Waals surface area contributed by atoms with E-state index in [1.54, 1.807) is 12.1 Å². The van der Waals surface area contributed by atoms with Crippen LogP contribution in [0.5, 0.6) is 0 Å². The van der Waals surface area contributed by atoms with Gasteiger partial charge in [-0.2, -0.15) is 0 Å². The highest BCUT2D eigenvalue weighted by Crippen LogP contribution is 2.08. The van der Waals surface area contributed by atoms with Crippen molar-refractivity contribution >= 4 is 11.9 Å². The fourth-order valence-electron chi connectivity index (χ4n) is 1.47. The number of nitrogens with two attached hydrogens (primary N) is 1. The van der Waals surface area contributed by atoms with Crippen molar-refractivity contribution in [3.05, 3.63) is 41.8 Å². The van der Waals surface area contributed by atoms with Gasteiger partial charge in [0.1, 0.15) is 6.04 Å². The summed E-state index contributed by atoms with van der Waals surface area (Å²) < 4.78 is 0. The highest BCUT2D eigenvalue weighted by molar-refractivity contribution is 5.96. The molecule has 0 saturated heterocycles. The predicted molar refractivity (Wildman–Crippen MR) is 65.2 cm³/mol. The molecular weight excluding hydrogens is 232 g/mol. The number of hydrogen-bond donors (Lipinski definition) is 2. The zero-order valence-corrected chi connectivity index (χ0v) is 9.88. The maximum Gasteiger partial charge on any atom is 0.327 e. The van der Waals surface area contributed by atoms with E-state index in [4.69, 9.17) is 17.3 Å². The summed E-state index contributed by atoms with van der Waals surface area (Å²) in [6, 6.07) is 5.11. The summed E-state index contributed by atoms with van der Waals surface area (Å²) in [4.78, 5) is 24.0. The van der Waals surface area contributed by atoms with Crippen LogP contribution in [-0.2, 0) is 4.79 Å². The quantitative estimate of drug-likeness (QED) is 0.737. The lowest BCUT2D eigenvalue weighted by Gasteiger charge is -2.23. The number of rotatable bonds is 4. The molecule has 1 rings (SSSR count). The third-order valence-corrected chi connectivity index (χ3v) is 2.57. The van der Waals surface area contributed by atoms with E-state index < -0.39 is 17.9 Å². The molecule has 0 aliphatic rings. The molecule has 0 fully saturated rings. The average Bonchev–Trinajstić information content (AvgIpc) is 2.38. The van der Waals surface area contributed by atoms with Crippen LogP contribution in [0.4, 0.5) is 0 Å². The Kier molecular flexibility index (Phi) is 4.46. The molecule has 0 aliphatic carbocycles. The number of benzene rings is 1. The lowest BCUT2D eigenvalue weighted by molar-refractivity contribution is -0.141. The summed E-state index contributed by atoms with van der Waals surface area (Å²) in [5, 5.41) is 8.91. The van der Waals surface area contributed by atoms with Crippen LogP contribution in [0.2, 0.25) is 0 Å². The van der Waals surface area contributed by atoms with Crippen molar-refractivity contribution in [1.82, 2.24) is 4.90 Å². The fraction of sp³-hybridized carbons (Fsp3) is 0.231. The fourth-order valence-corrected chi connectivity index (χ4v) is 1.47. The Morgan fingerprint density at radius 2 is 2.00 bits per heavy atom. The second-order valence-electron chi connectivity index (χ2n) is 3.71. The predicted octanol–water partition coefficient (Wildman–Crippen LogP) is 0.108. The van der Waals surface area contributed by atoms with Crippen LogP contribution in [0.15, 0.2) is 24.3 Å². The summed E-state index contributed by atoms with van der Waals surface area (Å²) in [7, 11) is 1.39. The van der Waals surface area contributed by atoms with Crippen molar-refractivity contribution in [2.45, 2.75) is 6.04 Å². The Labute approximate surface area is 105 Å². The molecule has 3 N–H and O–H groups in total. The van der Waals surface area contributed by atoms with Crippen molar-refractivity contribution < 1.29 is 14.7 Å². The number of carbonyl (C=O) groups is 2. The number of amides is 1. The van der Waals surface area contributed by atoms with Crippen LogP contribution in [0.3, 0.4) is 0 Å². The highest BCUT2D eigenvalue weighted by atomic mass is 16.4. The Morgan fingerprint density at radius 1 is 1.44 bits per heavy atom. The van der Waals surface area contributed by atoms with Gasteiger partial charge >= 0.3 is 5.97 Å². The third-order valence-electron chi connectivity index (χ3n) is 2.57. The van der Waals surface area contributed by atoms with Gasteiger partial charge in [-0.1, -0.05) is 5.92 Å². The molecule has 93 valence electrons. The molecule has 0 aromatic heterocycles. The minimum atomic E-state index is -1.14. The van der Waals surface area contributed by atoms with E-state index in [1.165, 1.54) is 19.2 Å². The molecular formula is C13H13N2O3. The van der Waals surface area contributed by atoms with E-state index in [9.17, 15) is 9.59 Å². The van der Waals surface area contributed by atoms with E-state index in [0.29, 0.717) is 11.1 Å². The van der Waals surface area contributed by atoms with Crippen molar-refractivity contribution in [1.29, 1.82) is 0 Å². The van der Waals surface area contributed by atoms with Crippen LogP contribution >= 0.6 is 0 Å². The summed E-state index contributed by atoms with van der Waals surface area (Å²) in [5.41, 5.74) is 6.21. The van der Waals surface area contributed by atoms with Crippen LogP contribution < -0.4 is 5.73 Å². The molecule has 1 amide bonds. The zero-order chi connectivity index (χ0) is 13.7. The first kappa shape index (κ1) is 13.7. The number of likely N-dealkylation sites (N-methyl/N-ethyl adjacent to an activating group) is 1. The van der Waals surface area contributed by atoms with Gasteiger partial charge in [-0.3, -0.25) is 4.79 Å². The lowest BCUT2D eigenvalue weighted by Crippen LogP contribution is -2.46. The molecule has 0 saturated carbocycles. The molecule has 5 nitrogen and oxygen atoms in total. The smallest absolute Gasteiger partial charge is 0.327 e. The topological polar surface area (TPSA) is 83.6 Å². The van der Waals surface area contributed by atoms with Gasteiger partial charge in [0, 0.05) is 24.7 Å². The number of carboxylic acids is 1. The minimum absolute atomic E-state index is 0.149. The minimum Gasteiger partial charge on any atom is -0.480 e. The van der Waals surface area contributed by atoms with Gasteiger partial charge in [-0.15, -0.1) is 0 Å². The van der Waals surface area contributed by atoms with Gasteiger partial charge in [0.05, 0.1) is 0 Å². The first-order chi connectivity index (χ1) is 8.51. The van der Waals surface area contributed by atoms with E-state index in [2.05, 4.69) is 5.92 Å². The first-order valence-electron chi connectivity index (χ1n) is 5.24. The van der Waals surface area contributed by atoms with Crippen LogP contribution in [0.25, 0.3) is 0 Å². The molecule has 1 radical (unpaired) electrons. The summed E-state index contributed by atoms with van der Waals surface area (Å²) in [5.74, 6) is 0.618. The molecule has 1 unspecified atom stereocenters. The second-order valence-corrected chi connectivity index (χ2v) is 3.71. The Morgan fingerprint density at radius 3 is 2.39 bits per heavy atom. The lowest BCUT2D eigenvalue weighted by atomic mass is 10.1. The van der Waals surface area contributed by atoms with E-state index >= 15 is 0 Å². The van der Waals surface area contributed by atoms with Gasteiger partial charge in [0.2, 0.25) is 0 Å². The zero-order valence-electron chi connectivity index (χ0n) is 9.88. The Bertz CT molecular complexity index is 488. The maximum absolute atomic E-state index is 12.0. The molecule has 0 heterocycles. The van der Waals surface area contributed by atoms with Gasteiger partial charge in [-0.05, 0) is 30.7 Å². The molecule has 0 spiro atoms. The first-order valence-corrected chi connectivity index (χ1v) is 5.24. The van der Waals surface area contributed by atoms with Crippen molar-refractivity contribution in [3.8, 4) is 5.92 Å². The third kappa shape index (κ3) is 2.87. The largest absolute Gasteiger partial charge is 0.480 e. The molecule has 1 aromatic rings. The van der Waals surface area contributed by atoms with Gasteiger partial charge in [0.15, 0.2) is 0 Å². The number of aliphatic carboxylic acids is 1. The van der Waals surface area contributed by atoms with E-state index in [-0.39, 0.29) is 6.54 Å². The molecule has 18 heavy (non-hydrogen) atoms. The normalized spacial score (nSPS) is 11.4. The highest BCUT2D eigenvalue weighted by Gasteiger charge is 2.25. The standard InChI is InChI=1S/C13H13N2O3/c1-3-9-4-6-10(7-5-9)12(16)15(2)11(8-14)13(17)18/h4-7,11H,8,14H2,2H3,(H,17,18). The number of carbonyl (C=O) groups excluding carboxylic acids is 1. The van der Waals surface area contributed by atoms with Crippen molar-refractivity contribution in [3.63, 3.8) is 0 Å². The molecule has 5 heteroatoms. The van der Waals surface area contributed by atoms with E-state index in [1.807, 2.05) is 0 Å². The van der Waals surface area contributed by atoms with Gasteiger partial charge in [0.25, 0.3) is 5.91 Å². The number of nitrogens with zero attached hydrogens (tertiary/aromatic N) is 1. The van der Waals surface area contributed by atoms with Crippen LogP contribution in [0.1, 0.15) is 15.9 Å². The van der Waals surface area contributed by atoms with Crippen molar-refractivity contribution in [2.24, 2.45) is 5.73 Å². The summed E-state index contributed by atoms with van der Waals surface area (Å²) >= 11 is 0. The van der Waals surface area contributed by atoms with E-state index in [0.717, 1.165) is 4.90 Å². The van der Waals surface area contributed by atoms with Crippen LogP contribution in [0, 0.1) is 12.3 Å². The van der Waals surface area contributed by atoms with Gasteiger partial charge in [-0.25, -0.2) is 4.79 Å². The molecule has 0 aliphatic heterocycles. The number of hydrogen-bond acceptors (Lipinski definition) is 3. The average molecular weight is 245 g/mol. The second kappa shape index (κ2) is 5.84. The Balaban J connectivity index is 2.92. The summed E-state index contributed by atoms with van der Waals surface area (Å²) in [6.07, 6.45) is 6.92. The summed E-state index contributed by atoms with van der Waals surface area (Å²) in [6.45, 7) is -0.149. The van der Waals surface area contributed by atoms with Crippen LogP contribution in [-0.4, -0.2) is 41.5 Å².